The molecule has 1 aliphatic carbocycles. The number of halogens is 1. The fourth-order valence-corrected chi connectivity index (χ4v) is 2.04. The van der Waals surface area contributed by atoms with Gasteiger partial charge in [-0.3, -0.25) is 0 Å². The lowest BCUT2D eigenvalue weighted by atomic mass is 10.1. The van der Waals surface area contributed by atoms with Gasteiger partial charge in [-0.25, -0.2) is 4.68 Å². The normalized spacial score (nSPS) is 20.2. The van der Waals surface area contributed by atoms with E-state index >= 15 is 0 Å². The summed E-state index contributed by atoms with van der Waals surface area (Å²) in [6.45, 7) is 4.09. The number of hydrogen-bond donors (Lipinski definition) is 0. The van der Waals surface area contributed by atoms with Crippen molar-refractivity contribution in [2.45, 2.75) is 50.9 Å². The van der Waals surface area contributed by atoms with Crippen molar-refractivity contribution in [3.63, 3.8) is 0 Å². The van der Waals surface area contributed by atoms with Crippen LogP contribution in [0.15, 0.2) is 0 Å². The van der Waals surface area contributed by atoms with Crippen molar-refractivity contribution in [3.05, 3.63) is 5.82 Å². The standard InChI is InChI=1S/C10H17ClN4/c1-3-9(6-8-4-5-8)15-10(7(2)11)12-13-14-15/h7-9H,3-6H2,1-2H3. The second-order valence-electron chi connectivity index (χ2n) is 4.34. The highest BCUT2D eigenvalue weighted by Gasteiger charge is 2.28. The maximum atomic E-state index is 6.04. The van der Waals surface area contributed by atoms with Crippen LogP contribution in [0.2, 0.25) is 0 Å². The van der Waals surface area contributed by atoms with Crippen LogP contribution in [0.3, 0.4) is 0 Å². The zero-order chi connectivity index (χ0) is 10.8. The van der Waals surface area contributed by atoms with E-state index in [4.69, 9.17) is 11.6 Å². The number of hydrogen-bond acceptors (Lipinski definition) is 3. The molecule has 1 heterocycles. The van der Waals surface area contributed by atoms with Crippen LogP contribution in [0.5, 0.6) is 0 Å². The van der Waals surface area contributed by atoms with Crippen molar-refractivity contribution in [1.29, 1.82) is 0 Å². The zero-order valence-electron chi connectivity index (χ0n) is 9.23. The Bertz CT molecular complexity index is 319. The fourth-order valence-electron chi connectivity index (χ4n) is 1.90. The largest absolute Gasteiger partial charge is 0.225 e. The second kappa shape index (κ2) is 4.47. The minimum atomic E-state index is -0.117. The molecule has 4 nitrogen and oxygen atoms in total. The average molecular weight is 229 g/mol. The first-order valence-electron chi connectivity index (χ1n) is 5.64. The third-order valence-corrected chi connectivity index (χ3v) is 3.19. The molecule has 0 saturated heterocycles. The van der Waals surface area contributed by atoms with Crippen LogP contribution in [-0.2, 0) is 0 Å². The first-order chi connectivity index (χ1) is 7.22. The quantitative estimate of drug-likeness (QED) is 0.728. The summed E-state index contributed by atoms with van der Waals surface area (Å²) >= 11 is 6.04. The van der Waals surface area contributed by atoms with Crippen LogP contribution in [-0.4, -0.2) is 20.2 Å². The topological polar surface area (TPSA) is 43.6 Å². The Kier molecular flexibility index (Phi) is 3.24. The minimum Gasteiger partial charge on any atom is -0.225 e. The van der Waals surface area contributed by atoms with Crippen LogP contribution in [0.25, 0.3) is 0 Å². The predicted molar refractivity (Wildman–Crippen MR) is 58.8 cm³/mol. The Hall–Kier alpha value is -0.640. The molecular formula is C10H17ClN4. The van der Waals surface area contributed by atoms with Gasteiger partial charge in [0.15, 0.2) is 5.82 Å². The molecule has 2 unspecified atom stereocenters. The van der Waals surface area contributed by atoms with Crippen molar-refractivity contribution in [2.24, 2.45) is 5.92 Å². The van der Waals surface area contributed by atoms with Gasteiger partial charge in [-0.1, -0.05) is 19.8 Å². The molecule has 2 rings (SSSR count). The lowest BCUT2D eigenvalue weighted by molar-refractivity contribution is 0.374. The van der Waals surface area contributed by atoms with Gasteiger partial charge in [0, 0.05) is 0 Å². The highest BCUT2D eigenvalue weighted by molar-refractivity contribution is 6.20. The van der Waals surface area contributed by atoms with Gasteiger partial charge in [0.1, 0.15) is 0 Å². The van der Waals surface area contributed by atoms with Gasteiger partial charge in [-0.05, 0) is 36.1 Å². The monoisotopic (exact) mass is 228 g/mol. The summed E-state index contributed by atoms with van der Waals surface area (Å²) in [5.41, 5.74) is 0. The van der Waals surface area contributed by atoms with E-state index in [1.807, 2.05) is 11.6 Å². The first-order valence-corrected chi connectivity index (χ1v) is 6.07. The summed E-state index contributed by atoms with van der Waals surface area (Å²) < 4.78 is 1.91. The van der Waals surface area contributed by atoms with Crippen LogP contribution >= 0.6 is 11.6 Å². The molecule has 0 amide bonds. The summed E-state index contributed by atoms with van der Waals surface area (Å²) in [7, 11) is 0. The lowest BCUT2D eigenvalue weighted by Gasteiger charge is -2.16. The summed E-state index contributed by atoms with van der Waals surface area (Å²) in [5.74, 6) is 1.68. The molecule has 0 bridgehead atoms. The van der Waals surface area contributed by atoms with E-state index in [1.54, 1.807) is 0 Å². The molecule has 5 heteroatoms. The van der Waals surface area contributed by atoms with Crippen LogP contribution in [0.1, 0.15) is 56.8 Å². The Morgan fingerprint density at radius 1 is 1.53 bits per heavy atom. The van der Waals surface area contributed by atoms with Gasteiger partial charge in [-0.15, -0.1) is 16.7 Å². The molecule has 0 N–H and O–H groups in total. The summed E-state index contributed by atoms with van der Waals surface area (Å²) in [6, 6.07) is 0.420. The van der Waals surface area contributed by atoms with E-state index in [0.717, 1.165) is 18.2 Å². The number of nitrogens with zero attached hydrogens (tertiary/aromatic N) is 4. The first kappa shape index (κ1) is 10.9. The average Bonchev–Trinajstić information content (AvgIpc) is 2.89. The molecule has 15 heavy (non-hydrogen) atoms. The van der Waals surface area contributed by atoms with Gasteiger partial charge in [0.2, 0.25) is 0 Å². The van der Waals surface area contributed by atoms with E-state index in [9.17, 15) is 0 Å². The van der Waals surface area contributed by atoms with E-state index in [2.05, 4.69) is 22.4 Å². The van der Waals surface area contributed by atoms with Crippen LogP contribution in [0.4, 0.5) is 0 Å². The van der Waals surface area contributed by atoms with Gasteiger partial charge >= 0.3 is 0 Å². The molecule has 0 spiro atoms. The molecule has 1 saturated carbocycles. The van der Waals surface area contributed by atoms with Crippen molar-refractivity contribution in [1.82, 2.24) is 20.2 Å². The SMILES string of the molecule is CCC(CC1CC1)n1nnnc1C(C)Cl. The summed E-state index contributed by atoms with van der Waals surface area (Å²) in [6.07, 6.45) is 4.99. The fraction of sp³-hybridized carbons (Fsp3) is 0.900. The molecule has 0 aliphatic heterocycles. The molecule has 1 fully saturated rings. The predicted octanol–water partition coefficient (Wildman–Crippen LogP) is 2.72. The molecule has 0 aromatic carbocycles. The maximum Gasteiger partial charge on any atom is 0.169 e. The summed E-state index contributed by atoms with van der Waals surface area (Å²) in [5, 5.41) is 11.6. The molecule has 1 aliphatic rings. The summed E-state index contributed by atoms with van der Waals surface area (Å²) in [4.78, 5) is 0. The highest BCUT2D eigenvalue weighted by Crippen LogP contribution is 2.38. The second-order valence-corrected chi connectivity index (χ2v) is 4.99. The van der Waals surface area contributed by atoms with Crippen molar-refractivity contribution < 1.29 is 0 Å². The van der Waals surface area contributed by atoms with Gasteiger partial charge in [0.25, 0.3) is 0 Å². The smallest absolute Gasteiger partial charge is 0.169 e. The number of tetrazole rings is 1. The van der Waals surface area contributed by atoms with E-state index in [0.29, 0.717) is 6.04 Å². The zero-order valence-corrected chi connectivity index (χ0v) is 9.98. The Balaban J connectivity index is 2.13. The van der Waals surface area contributed by atoms with Gasteiger partial charge in [-0.2, -0.15) is 0 Å². The van der Waals surface area contributed by atoms with Gasteiger partial charge < -0.3 is 0 Å². The van der Waals surface area contributed by atoms with Crippen molar-refractivity contribution in [3.8, 4) is 0 Å². The third-order valence-electron chi connectivity index (χ3n) is 2.99. The maximum absolute atomic E-state index is 6.04. The third kappa shape index (κ3) is 2.48. The molecule has 1 aromatic rings. The molecule has 1 aromatic heterocycles. The number of aromatic nitrogens is 4. The molecular weight excluding hydrogens is 212 g/mol. The van der Waals surface area contributed by atoms with Crippen LogP contribution < -0.4 is 0 Å². The van der Waals surface area contributed by atoms with E-state index in [1.165, 1.54) is 19.3 Å². The number of alkyl halides is 1. The Morgan fingerprint density at radius 3 is 2.80 bits per heavy atom. The Labute approximate surface area is 95.0 Å². The molecule has 0 radical (unpaired) electrons. The number of rotatable bonds is 5. The van der Waals surface area contributed by atoms with Crippen LogP contribution in [0, 0.1) is 5.92 Å². The molecule has 2 atom stereocenters. The highest BCUT2D eigenvalue weighted by atomic mass is 35.5. The van der Waals surface area contributed by atoms with E-state index < -0.39 is 0 Å². The van der Waals surface area contributed by atoms with E-state index in [-0.39, 0.29) is 5.38 Å². The molecule has 84 valence electrons. The van der Waals surface area contributed by atoms with Crippen molar-refractivity contribution >= 4 is 11.6 Å². The lowest BCUT2D eigenvalue weighted by Crippen LogP contribution is -2.14. The van der Waals surface area contributed by atoms with Gasteiger partial charge in [0.05, 0.1) is 11.4 Å². The van der Waals surface area contributed by atoms with Crippen molar-refractivity contribution in [2.75, 3.05) is 0 Å². The minimum absolute atomic E-state index is 0.117. The Morgan fingerprint density at radius 2 is 2.27 bits per heavy atom.